The zero-order chi connectivity index (χ0) is 18.2. The summed E-state index contributed by atoms with van der Waals surface area (Å²) in [5, 5.41) is 3.32. The number of hydrogen-bond acceptors (Lipinski definition) is 2. The lowest BCUT2D eigenvalue weighted by atomic mass is 10.1. The van der Waals surface area contributed by atoms with Gasteiger partial charge < -0.3 is 16.0 Å². The van der Waals surface area contributed by atoms with Gasteiger partial charge in [0.2, 0.25) is 5.91 Å². The van der Waals surface area contributed by atoms with Crippen molar-refractivity contribution in [2.24, 2.45) is 10.7 Å². The Morgan fingerprint density at radius 1 is 1.08 bits per heavy atom. The smallest absolute Gasteiger partial charge is 0.248 e. The highest BCUT2D eigenvalue weighted by molar-refractivity contribution is 5.92. The van der Waals surface area contributed by atoms with Crippen molar-refractivity contribution >= 4 is 11.9 Å². The minimum Gasteiger partial charge on any atom is -0.366 e. The van der Waals surface area contributed by atoms with E-state index in [1.54, 1.807) is 12.1 Å². The predicted molar refractivity (Wildman–Crippen MR) is 102 cm³/mol. The molecule has 25 heavy (non-hydrogen) atoms. The summed E-state index contributed by atoms with van der Waals surface area (Å²) >= 11 is 0. The number of benzene rings is 2. The molecule has 2 aromatic carbocycles. The molecule has 0 aliphatic heterocycles. The molecule has 0 aromatic heterocycles. The Morgan fingerprint density at radius 3 is 2.24 bits per heavy atom. The zero-order valence-corrected chi connectivity index (χ0v) is 15.1. The van der Waals surface area contributed by atoms with Gasteiger partial charge in [0, 0.05) is 25.7 Å². The Bertz CT molecular complexity index is 720. The molecule has 0 aliphatic rings. The number of hydrogen-bond donors (Lipinski definition) is 2. The quantitative estimate of drug-likeness (QED) is 0.628. The number of aliphatic imine (C=N–C) groups is 1. The van der Waals surface area contributed by atoms with Gasteiger partial charge in [-0.05, 0) is 37.1 Å². The maximum absolute atomic E-state index is 11.1. The van der Waals surface area contributed by atoms with E-state index in [-0.39, 0.29) is 0 Å². The van der Waals surface area contributed by atoms with Gasteiger partial charge in [-0.2, -0.15) is 0 Å². The van der Waals surface area contributed by atoms with Crippen molar-refractivity contribution in [1.82, 2.24) is 10.2 Å². The molecule has 0 radical (unpaired) electrons. The second kappa shape index (κ2) is 8.87. The molecule has 0 aliphatic carbocycles. The summed E-state index contributed by atoms with van der Waals surface area (Å²) in [7, 11) is 2.03. The van der Waals surface area contributed by atoms with Crippen LogP contribution in [0.3, 0.4) is 0 Å². The molecule has 0 spiro atoms. The number of carbonyl (C=O) groups excluding carboxylic acids is 1. The summed E-state index contributed by atoms with van der Waals surface area (Å²) in [6.45, 7) is 6.27. The summed E-state index contributed by atoms with van der Waals surface area (Å²) < 4.78 is 0. The predicted octanol–water partition coefficient (Wildman–Crippen LogP) is 2.69. The van der Waals surface area contributed by atoms with Gasteiger partial charge in [0.05, 0.1) is 6.54 Å². The lowest BCUT2D eigenvalue weighted by molar-refractivity contribution is 0.100. The molecule has 0 atom stereocenters. The molecule has 0 fully saturated rings. The number of guanidine groups is 1. The van der Waals surface area contributed by atoms with E-state index in [1.807, 2.05) is 19.2 Å². The van der Waals surface area contributed by atoms with Crippen LogP contribution in [-0.4, -0.2) is 30.4 Å². The molecule has 2 aromatic rings. The number of nitrogens with zero attached hydrogens (tertiary/aromatic N) is 2. The number of rotatable bonds is 6. The van der Waals surface area contributed by atoms with E-state index in [0.717, 1.165) is 24.6 Å². The maximum Gasteiger partial charge on any atom is 0.248 e. The van der Waals surface area contributed by atoms with Crippen LogP contribution in [0.2, 0.25) is 0 Å². The van der Waals surface area contributed by atoms with Crippen LogP contribution in [0.4, 0.5) is 0 Å². The molecule has 5 nitrogen and oxygen atoms in total. The molecule has 1 amide bonds. The average Bonchev–Trinajstić information content (AvgIpc) is 2.60. The standard InChI is InChI=1S/C20H26N4O/c1-4-22-20(24(3)14-17-7-5-15(2)6-8-17)23-13-16-9-11-18(12-10-16)19(21)25/h5-12H,4,13-14H2,1-3H3,(H2,21,25)(H,22,23). The fourth-order valence-corrected chi connectivity index (χ4v) is 2.45. The Hall–Kier alpha value is -2.82. The van der Waals surface area contributed by atoms with Crippen molar-refractivity contribution in [3.63, 3.8) is 0 Å². The minimum absolute atomic E-state index is 0.416. The van der Waals surface area contributed by atoms with Gasteiger partial charge in [-0.25, -0.2) is 4.99 Å². The van der Waals surface area contributed by atoms with E-state index in [1.165, 1.54) is 11.1 Å². The first-order valence-corrected chi connectivity index (χ1v) is 8.43. The van der Waals surface area contributed by atoms with Crippen LogP contribution in [0.1, 0.15) is 34.0 Å². The van der Waals surface area contributed by atoms with Crippen LogP contribution in [-0.2, 0) is 13.1 Å². The van der Waals surface area contributed by atoms with Crippen molar-refractivity contribution in [3.05, 3.63) is 70.8 Å². The largest absolute Gasteiger partial charge is 0.366 e. The van der Waals surface area contributed by atoms with Crippen LogP contribution in [0.5, 0.6) is 0 Å². The number of nitrogens with one attached hydrogen (secondary N) is 1. The maximum atomic E-state index is 11.1. The molecule has 132 valence electrons. The van der Waals surface area contributed by atoms with Crippen molar-refractivity contribution in [3.8, 4) is 0 Å². The number of nitrogens with two attached hydrogens (primary N) is 1. The molecular weight excluding hydrogens is 312 g/mol. The van der Waals surface area contributed by atoms with E-state index < -0.39 is 5.91 Å². The van der Waals surface area contributed by atoms with Crippen molar-refractivity contribution in [2.75, 3.05) is 13.6 Å². The van der Waals surface area contributed by atoms with Crippen LogP contribution in [0.25, 0.3) is 0 Å². The van der Waals surface area contributed by atoms with Gasteiger partial charge in [0.25, 0.3) is 0 Å². The lowest BCUT2D eigenvalue weighted by Crippen LogP contribution is -2.38. The van der Waals surface area contributed by atoms with Crippen LogP contribution < -0.4 is 11.1 Å². The molecule has 5 heteroatoms. The topological polar surface area (TPSA) is 70.7 Å². The highest BCUT2D eigenvalue weighted by atomic mass is 16.1. The molecule has 0 bridgehead atoms. The van der Waals surface area contributed by atoms with Gasteiger partial charge >= 0.3 is 0 Å². The molecule has 0 saturated heterocycles. The van der Waals surface area contributed by atoms with E-state index in [4.69, 9.17) is 5.73 Å². The Labute approximate surface area is 149 Å². The number of primary amides is 1. The Kier molecular flexibility index (Phi) is 6.57. The Morgan fingerprint density at radius 2 is 1.68 bits per heavy atom. The van der Waals surface area contributed by atoms with Gasteiger partial charge in [-0.3, -0.25) is 4.79 Å². The number of amides is 1. The molecule has 3 N–H and O–H groups in total. The first-order valence-electron chi connectivity index (χ1n) is 8.43. The van der Waals surface area contributed by atoms with Gasteiger partial charge in [-0.1, -0.05) is 42.0 Å². The second-order valence-corrected chi connectivity index (χ2v) is 6.07. The van der Waals surface area contributed by atoms with Gasteiger partial charge in [-0.15, -0.1) is 0 Å². The van der Waals surface area contributed by atoms with Crippen LogP contribution >= 0.6 is 0 Å². The second-order valence-electron chi connectivity index (χ2n) is 6.07. The fourth-order valence-electron chi connectivity index (χ4n) is 2.45. The molecular formula is C20H26N4O. The minimum atomic E-state index is -0.416. The number of carbonyl (C=O) groups is 1. The van der Waals surface area contributed by atoms with E-state index in [9.17, 15) is 4.79 Å². The highest BCUT2D eigenvalue weighted by Crippen LogP contribution is 2.08. The van der Waals surface area contributed by atoms with Crippen molar-refractivity contribution in [1.29, 1.82) is 0 Å². The zero-order valence-electron chi connectivity index (χ0n) is 15.1. The van der Waals surface area contributed by atoms with Crippen LogP contribution in [0.15, 0.2) is 53.5 Å². The lowest BCUT2D eigenvalue weighted by Gasteiger charge is -2.22. The molecule has 0 unspecified atom stereocenters. The summed E-state index contributed by atoms with van der Waals surface area (Å²) in [5.41, 5.74) is 9.30. The molecule has 2 rings (SSSR count). The highest BCUT2D eigenvalue weighted by Gasteiger charge is 2.07. The summed E-state index contributed by atoms with van der Waals surface area (Å²) in [5.74, 6) is 0.434. The van der Waals surface area contributed by atoms with Gasteiger partial charge in [0.15, 0.2) is 5.96 Å². The van der Waals surface area contributed by atoms with E-state index >= 15 is 0 Å². The monoisotopic (exact) mass is 338 g/mol. The van der Waals surface area contributed by atoms with E-state index in [2.05, 4.69) is 53.3 Å². The van der Waals surface area contributed by atoms with Crippen molar-refractivity contribution in [2.45, 2.75) is 26.9 Å². The fraction of sp³-hybridized carbons (Fsp3) is 0.300. The number of aryl methyl sites for hydroxylation is 1. The summed E-state index contributed by atoms with van der Waals surface area (Å²) in [6, 6.07) is 15.7. The van der Waals surface area contributed by atoms with Crippen LogP contribution in [0, 0.1) is 6.92 Å². The Balaban J connectivity index is 2.05. The van der Waals surface area contributed by atoms with E-state index in [0.29, 0.717) is 12.1 Å². The third-order valence-electron chi connectivity index (χ3n) is 3.89. The SMILES string of the molecule is CCNC(=NCc1ccc(C(N)=O)cc1)N(C)Cc1ccc(C)cc1. The molecule has 0 heterocycles. The van der Waals surface area contributed by atoms with Crippen molar-refractivity contribution < 1.29 is 4.79 Å². The third kappa shape index (κ3) is 5.64. The summed E-state index contributed by atoms with van der Waals surface area (Å²) in [4.78, 5) is 17.9. The molecule has 0 saturated carbocycles. The first kappa shape index (κ1) is 18.5. The van der Waals surface area contributed by atoms with Gasteiger partial charge in [0.1, 0.15) is 0 Å². The summed E-state index contributed by atoms with van der Waals surface area (Å²) in [6.07, 6.45) is 0. The average molecular weight is 338 g/mol. The third-order valence-corrected chi connectivity index (χ3v) is 3.89. The normalized spacial score (nSPS) is 11.2. The first-order chi connectivity index (χ1) is 12.0.